The fraction of sp³-hybridized carbons (Fsp3) is 0.562. The van der Waals surface area contributed by atoms with E-state index in [4.69, 9.17) is 16.3 Å². The Bertz CT molecular complexity index is 531. The summed E-state index contributed by atoms with van der Waals surface area (Å²) in [5, 5.41) is 3.56. The summed E-state index contributed by atoms with van der Waals surface area (Å²) >= 11 is 6.18. The quantitative estimate of drug-likeness (QED) is 0.887. The van der Waals surface area contributed by atoms with Crippen LogP contribution in [0.25, 0.3) is 0 Å². The summed E-state index contributed by atoms with van der Waals surface area (Å²) in [7, 11) is 5.59. The molecule has 0 bridgehead atoms. The van der Waals surface area contributed by atoms with Crippen LogP contribution in [-0.4, -0.2) is 76.3 Å². The average molecular weight is 341 g/mol. The minimum Gasteiger partial charge on any atom is -0.495 e. The number of halogens is 1. The van der Waals surface area contributed by atoms with E-state index >= 15 is 0 Å². The number of nitrogens with zero attached hydrogens (tertiary/aromatic N) is 3. The molecule has 1 N–H and O–H groups in total. The van der Waals surface area contributed by atoms with E-state index < -0.39 is 0 Å². The van der Waals surface area contributed by atoms with Crippen molar-refractivity contribution in [2.75, 3.05) is 65.4 Å². The minimum absolute atomic E-state index is 0.0132. The standard InChI is InChI=1S/C16H25ClN4O2/c1-19(2)7-6-18-16(22)21-10-8-20(9-11-21)13-4-5-15(23-3)14(17)12-13/h4-5,12H,6-11H2,1-3H3,(H,18,22). The smallest absolute Gasteiger partial charge is 0.317 e. The Labute approximate surface area is 142 Å². The zero-order chi connectivity index (χ0) is 16.8. The maximum Gasteiger partial charge on any atom is 0.317 e. The third-order valence-electron chi connectivity index (χ3n) is 3.90. The Morgan fingerprint density at radius 2 is 2.00 bits per heavy atom. The van der Waals surface area contributed by atoms with Crippen LogP contribution in [0.3, 0.4) is 0 Å². The first-order valence-corrected chi connectivity index (χ1v) is 8.15. The third kappa shape index (κ3) is 4.91. The molecule has 0 radical (unpaired) electrons. The molecule has 0 unspecified atom stereocenters. The van der Waals surface area contributed by atoms with Crippen molar-refractivity contribution in [2.45, 2.75) is 0 Å². The number of benzene rings is 1. The van der Waals surface area contributed by atoms with E-state index in [1.807, 2.05) is 42.1 Å². The number of urea groups is 1. The van der Waals surface area contributed by atoms with Gasteiger partial charge in [-0.3, -0.25) is 0 Å². The predicted molar refractivity (Wildman–Crippen MR) is 93.7 cm³/mol. The van der Waals surface area contributed by atoms with Gasteiger partial charge in [0.05, 0.1) is 12.1 Å². The van der Waals surface area contributed by atoms with Crippen LogP contribution in [0, 0.1) is 0 Å². The zero-order valence-electron chi connectivity index (χ0n) is 14.0. The van der Waals surface area contributed by atoms with Gasteiger partial charge in [-0.05, 0) is 32.3 Å². The van der Waals surface area contributed by atoms with Gasteiger partial charge in [0.15, 0.2) is 0 Å². The van der Waals surface area contributed by atoms with Crippen LogP contribution in [0.1, 0.15) is 0 Å². The number of rotatable bonds is 5. The molecule has 1 aromatic rings. The molecule has 1 aliphatic heterocycles. The molecule has 0 saturated carbocycles. The summed E-state index contributed by atoms with van der Waals surface area (Å²) in [5.74, 6) is 0.675. The highest BCUT2D eigenvalue weighted by Crippen LogP contribution is 2.29. The third-order valence-corrected chi connectivity index (χ3v) is 4.20. The lowest BCUT2D eigenvalue weighted by Crippen LogP contribution is -2.52. The van der Waals surface area contributed by atoms with Gasteiger partial charge < -0.3 is 24.8 Å². The molecule has 2 amide bonds. The second-order valence-corrected chi connectivity index (χ2v) is 6.24. The number of piperazine rings is 1. The highest BCUT2D eigenvalue weighted by atomic mass is 35.5. The topological polar surface area (TPSA) is 48.1 Å². The first kappa shape index (κ1) is 17.7. The van der Waals surface area contributed by atoms with Crippen LogP contribution in [0.15, 0.2) is 18.2 Å². The van der Waals surface area contributed by atoms with Crippen LogP contribution in [-0.2, 0) is 0 Å². The number of hydrogen-bond acceptors (Lipinski definition) is 4. The Morgan fingerprint density at radius 1 is 1.30 bits per heavy atom. The number of likely N-dealkylation sites (N-methyl/N-ethyl adjacent to an activating group) is 1. The molecule has 2 rings (SSSR count). The Morgan fingerprint density at radius 3 is 2.57 bits per heavy atom. The van der Waals surface area contributed by atoms with Crippen LogP contribution in [0.5, 0.6) is 5.75 Å². The summed E-state index contributed by atoms with van der Waals surface area (Å²) in [6.45, 7) is 4.51. The van der Waals surface area contributed by atoms with E-state index in [0.717, 1.165) is 25.3 Å². The number of anilines is 1. The van der Waals surface area contributed by atoms with E-state index in [0.29, 0.717) is 30.4 Å². The lowest BCUT2D eigenvalue weighted by Gasteiger charge is -2.36. The maximum absolute atomic E-state index is 12.1. The fourth-order valence-electron chi connectivity index (χ4n) is 2.52. The van der Waals surface area contributed by atoms with E-state index in [1.54, 1.807) is 7.11 Å². The van der Waals surface area contributed by atoms with Crippen molar-refractivity contribution in [1.29, 1.82) is 0 Å². The number of amides is 2. The molecule has 0 atom stereocenters. The van der Waals surface area contributed by atoms with Gasteiger partial charge in [0, 0.05) is 45.0 Å². The van der Waals surface area contributed by atoms with E-state index in [1.165, 1.54) is 0 Å². The Balaban J connectivity index is 1.83. The molecule has 1 fully saturated rings. The summed E-state index contributed by atoms with van der Waals surface area (Å²) < 4.78 is 5.18. The van der Waals surface area contributed by atoms with Crippen LogP contribution in [0.2, 0.25) is 5.02 Å². The minimum atomic E-state index is 0.0132. The fourth-order valence-corrected chi connectivity index (χ4v) is 2.77. The molecule has 128 valence electrons. The highest BCUT2D eigenvalue weighted by molar-refractivity contribution is 6.32. The molecule has 0 aliphatic carbocycles. The largest absolute Gasteiger partial charge is 0.495 e. The molecule has 1 heterocycles. The van der Waals surface area contributed by atoms with Crippen molar-refractivity contribution in [3.05, 3.63) is 23.2 Å². The maximum atomic E-state index is 12.1. The van der Waals surface area contributed by atoms with Gasteiger partial charge in [0.2, 0.25) is 0 Å². The zero-order valence-corrected chi connectivity index (χ0v) is 14.8. The average Bonchev–Trinajstić information content (AvgIpc) is 2.54. The van der Waals surface area contributed by atoms with Gasteiger partial charge in [0.25, 0.3) is 0 Å². The molecular weight excluding hydrogens is 316 g/mol. The molecule has 7 heteroatoms. The predicted octanol–water partition coefficient (Wildman–Crippen LogP) is 1.74. The number of hydrogen-bond donors (Lipinski definition) is 1. The normalized spacial score (nSPS) is 15.0. The molecule has 0 spiro atoms. The first-order valence-electron chi connectivity index (χ1n) is 7.77. The molecule has 1 aromatic carbocycles. The number of methoxy groups -OCH3 is 1. The lowest BCUT2D eigenvalue weighted by molar-refractivity contribution is 0.193. The van der Waals surface area contributed by atoms with Crippen molar-refractivity contribution >= 4 is 23.3 Å². The number of carbonyl (C=O) groups is 1. The van der Waals surface area contributed by atoms with Gasteiger partial charge in [-0.1, -0.05) is 11.6 Å². The highest BCUT2D eigenvalue weighted by Gasteiger charge is 2.21. The van der Waals surface area contributed by atoms with E-state index in [2.05, 4.69) is 10.2 Å². The van der Waals surface area contributed by atoms with Crippen LogP contribution < -0.4 is 15.0 Å². The van der Waals surface area contributed by atoms with Crippen molar-refractivity contribution in [1.82, 2.24) is 15.1 Å². The number of carbonyl (C=O) groups excluding carboxylic acids is 1. The van der Waals surface area contributed by atoms with Crippen LogP contribution >= 0.6 is 11.6 Å². The van der Waals surface area contributed by atoms with Gasteiger partial charge in [0.1, 0.15) is 5.75 Å². The summed E-state index contributed by atoms with van der Waals surface area (Å²) in [5.41, 5.74) is 1.06. The van der Waals surface area contributed by atoms with Gasteiger partial charge >= 0.3 is 6.03 Å². The summed E-state index contributed by atoms with van der Waals surface area (Å²) in [4.78, 5) is 18.2. The summed E-state index contributed by atoms with van der Waals surface area (Å²) in [6, 6.07) is 5.79. The van der Waals surface area contributed by atoms with Gasteiger partial charge in [-0.25, -0.2) is 4.79 Å². The molecular formula is C16H25ClN4O2. The van der Waals surface area contributed by atoms with Gasteiger partial charge in [-0.2, -0.15) is 0 Å². The SMILES string of the molecule is COc1ccc(N2CCN(C(=O)NCCN(C)C)CC2)cc1Cl. The van der Waals surface area contributed by atoms with Crippen molar-refractivity contribution < 1.29 is 9.53 Å². The second kappa shape index (κ2) is 8.26. The monoisotopic (exact) mass is 340 g/mol. The summed E-state index contributed by atoms with van der Waals surface area (Å²) in [6.07, 6.45) is 0. The van der Waals surface area contributed by atoms with E-state index in [9.17, 15) is 4.79 Å². The van der Waals surface area contributed by atoms with Crippen molar-refractivity contribution in [2.24, 2.45) is 0 Å². The molecule has 1 saturated heterocycles. The van der Waals surface area contributed by atoms with Crippen molar-refractivity contribution in [3.63, 3.8) is 0 Å². The number of ether oxygens (including phenoxy) is 1. The second-order valence-electron chi connectivity index (χ2n) is 5.83. The number of nitrogens with one attached hydrogen (secondary N) is 1. The Kier molecular flexibility index (Phi) is 6.36. The van der Waals surface area contributed by atoms with E-state index in [-0.39, 0.29) is 6.03 Å². The lowest BCUT2D eigenvalue weighted by atomic mass is 10.2. The Hall–Kier alpha value is -1.66. The van der Waals surface area contributed by atoms with Gasteiger partial charge in [-0.15, -0.1) is 0 Å². The van der Waals surface area contributed by atoms with Crippen molar-refractivity contribution in [3.8, 4) is 5.75 Å². The molecule has 23 heavy (non-hydrogen) atoms. The first-order chi connectivity index (χ1) is 11.0. The molecule has 1 aliphatic rings. The molecule has 6 nitrogen and oxygen atoms in total. The van der Waals surface area contributed by atoms with Crippen LogP contribution in [0.4, 0.5) is 10.5 Å². The molecule has 0 aromatic heterocycles.